The maximum absolute atomic E-state index is 11.5. The standard InChI is InChI=1S/C18H22O4/c1-9-5-6-12-11(7-9)15-13(22-18(12,3)4)8-10(2)14(16(15)19)17(20)21/h7-8,11-12,19H,5-6H2,1-4H3,(H,20,21)/t11-,12-/m1/s1. The second kappa shape index (κ2) is 4.77. The summed E-state index contributed by atoms with van der Waals surface area (Å²) < 4.78 is 6.14. The molecule has 0 unspecified atom stereocenters. The number of ether oxygens (including phenoxy) is 1. The van der Waals surface area contributed by atoms with E-state index in [1.54, 1.807) is 13.0 Å². The lowest BCUT2D eigenvalue weighted by molar-refractivity contribution is 0.0107. The fraction of sp³-hybridized carbons (Fsp3) is 0.500. The number of phenols is 1. The Morgan fingerprint density at radius 1 is 1.36 bits per heavy atom. The van der Waals surface area contributed by atoms with Gasteiger partial charge in [-0.3, -0.25) is 0 Å². The molecule has 1 aromatic rings. The van der Waals surface area contributed by atoms with Gasteiger partial charge in [-0.2, -0.15) is 0 Å². The fourth-order valence-corrected chi connectivity index (χ4v) is 3.95. The van der Waals surface area contributed by atoms with Crippen molar-refractivity contribution in [3.05, 3.63) is 34.4 Å². The van der Waals surface area contributed by atoms with Crippen molar-refractivity contribution in [2.75, 3.05) is 0 Å². The Morgan fingerprint density at radius 3 is 2.68 bits per heavy atom. The van der Waals surface area contributed by atoms with Crippen LogP contribution in [0.15, 0.2) is 17.7 Å². The molecule has 2 N–H and O–H groups in total. The van der Waals surface area contributed by atoms with Gasteiger partial charge >= 0.3 is 5.97 Å². The van der Waals surface area contributed by atoms with E-state index in [1.165, 1.54) is 5.57 Å². The van der Waals surface area contributed by atoms with Gasteiger partial charge in [0.1, 0.15) is 22.7 Å². The van der Waals surface area contributed by atoms with Crippen LogP contribution in [0.3, 0.4) is 0 Å². The van der Waals surface area contributed by atoms with E-state index >= 15 is 0 Å². The molecule has 0 saturated carbocycles. The molecular weight excluding hydrogens is 280 g/mol. The molecule has 0 radical (unpaired) electrons. The zero-order chi connectivity index (χ0) is 16.2. The van der Waals surface area contributed by atoms with E-state index in [2.05, 4.69) is 26.8 Å². The molecular formula is C18H22O4. The monoisotopic (exact) mass is 302 g/mol. The Hall–Kier alpha value is -1.97. The van der Waals surface area contributed by atoms with Gasteiger partial charge in [0.2, 0.25) is 0 Å². The maximum Gasteiger partial charge on any atom is 0.339 e. The van der Waals surface area contributed by atoms with Gasteiger partial charge < -0.3 is 14.9 Å². The number of benzene rings is 1. The number of carboxylic acids is 1. The molecule has 0 bridgehead atoms. The summed E-state index contributed by atoms with van der Waals surface area (Å²) in [7, 11) is 0. The minimum atomic E-state index is -1.10. The average Bonchev–Trinajstić information content (AvgIpc) is 2.35. The summed E-state index contributed by atoms with van der Waals surface area (Å²) in [6, 6.07) is 1.74. The highest BCUT2D eigenvalue weighted by atomic mass is 16.5. The molecule has 1 heterocycles. The fourth-order valence-electron chi connectivity index (χ4n) is 3.95. The number of carbonyl (C=O) groups is 1. The summed E-state index contributed by atoms with van der Waals surface area (Å²) in [4.78, 5) is 11.5. The van der Waals surface area contributed by atoms with Crippen molar-refractivity contribution < 1.29 is 19.7 Å². The van der Waals surface area contributed by atoms with E-state index in [4.69, 9.17) is 4.74 Å². The van der Waals surface area contributed by atoms with Crippen molar-refractivity contribution in [1.29, 1.82) is 0 Å². The first-order valence-electron chi connectivity index (χ1n) is 7.68. The number of rotatable bonds is 1. The number of aromatic carboxylic acids is 1. The molecule has 1 aromatic carbocycles. The smallest absolute Gasteiger partial charge is 0.339 e. The van der Waals surface area contributed by atoms with Gasteiger partial charge in [0, 0.05) is 17.4 Å². The molecule has 4 nitrogen and oxygen atoms in total. The van der Waals surface area contributed by atoms with Gasteiger partial charge in [0.05, 0.1) is 0 Å². The third kappa shape index (κ3) is 2.09. The van der Waals surface area contributed by atoms with Crippen molar-refractivity contribution >= 4 is 5.97 Å². The Balaban J connectivity index is 2.28. The summed E-state index contributed by atoms with van der Waals surface area (Å²) in [6.07, 6.45) is 4.16. The lowest BCUT2D eigenvalue weighted by Crippen LogP contribution is -2.45. The van der Waals surface area contributed by atoms with Crippen LogP contribution in [0.4, 0.5) is 0 Å². The number of fused-ring (bicyclic) bond motifs is 3. The Morgan fingerprint density at radius 2 is 2.05 bits per heavy atom. The van der Waals surface area contributed by atoms with Crippen LogP contribution < -0.4 is 4.74 Å². The molecule has 2 aliphatic rings. The number of carboxylic acid groups (broad SMARTS) is 1. The quantitative estimate of drug-likeness (QED) is 0.769. The minimum Gasteiger partial charge on any atom is -0.507 e. The average molecular weight is 302 g/mol. The molecule has 0 aromatic heterocycles. The first kappa shape index (κ1) is 14.9. The van der Waals surface area contributed by atoms with Crippen LogP contribution in [0.2, 0.25) is 0 Å². The summed E-state index contributed by atoms with van der Waals surface area (Å²) in [5.41, 5.74) is 2.08. The van der Waals surface area contributed by atoms with Gasteiger partial charge in [-0.25, -0.2) is 4.79 Å². The van der Waals surface area contributed by atoms with E-state index in [9.17, 15) is 15.0 Å². The highest BCUT2D eigenvalue weighted by molar-refractivity contribution is 5.93. The molecule has 2 atom stereocenters. The van der Waals surface area contributed by atoms with Crippen molar-refractivity contribution in [1.82, 2.24) is 0 Å². The van der Waals surface area contributed by atoms with Crippen LogP contribution in [0.25, 0.3) is 0 Å². The van der Waals surface area contributed by atoms with Crippen molar-refractivity contribution in [2.24, 2.45) is 5.92 Å². The molecule has 1 aliphatic carbocycles. The summed E-state index contributed by atoms with van der Waals surface area (Å²) in [5, 5.41) is 20.0. The Labute approximate surface area is 130 Å². The summed E-state index contributed by atoms with van der Waals surface area (Å²) >= 11 is 0. The number of hydrogen-bond acceptors (Lipinski definition) is 3. The van der Waals surface area contributed by atoms with Crippen molar-refractivity contribution in [3.8, 4) is 11.5 Å². The topological polar surface area (TPSA) is 66.8 Å². The van der Waals surface area contributed by atoms with Crippen LogP contribution in [0.5, 0.6) is 11.5 Å². The van der Waals surface area contributed by atoms with Crippen LogP contribution in [0.1, 0.15) is 61.0 Å². The normalized spacial score (nSPS) is 25.5. The number of aryl methyl sites for hydroxylation is 1. The Kier molecular flexibility index (Phi) is 3.24. The van der Waals surface area contributed by atoms with Gasteiger partial charge in [-0.15, -0.1) is 0 Å². The van der Waals surface area contributed by atoms with E-state index in [0.29, 0.717) is 16.9 Å². The second-order valence-electron chi connectivity index (χ2n) is 7.02. The van der Waals surface area contributed by atoms with E-state index in [0.717, 1.165) is 12.8 Å². The van der Waals surface area contributed by atoms with Crippen molar-refractivity contribution in [3.63, 3.8) is 0 Å². The predicted octanol–water partition coefficient (Wildman–Crippen LogP) is 4.01. The highest BCUT2D eigenvalue weighted by Gasteiger charge is 2.46. The van der Waals surface area contributed by atoms with Gasteiger partial charge in [-0.05, 0) is 52.2 Å². The molecule has 22 heavy (non-hydrogen) atoms. The first-order valence-corrected chi connectivity index (χ1v) is 7.68. The third-order valence-corrected chi connectivity index (χ3v) is 5.06. The number of allylic oxidation sites excluding steroid dienone is 2. The second-order valence-corrected chi connectivity index (χ2v) is 7.02. The third-order valence-electron chi connectivity index (χ3n) is 5.06. The molecule has 0 fully saturated rings. The molecule has 0 saturated heterocycles. The SMILES string of the molecule is CC1=C[C@H]2c3c(cc(C)c(C(=O)O)c3O)OC(C)(C)[C@@H]2CC1. The van der Waals surface area contributed by atoms with E-state index in [-0.39, 0.29) is 28.7 Å². The largest absolute Gasteiger partial charge is 0.507 e. The summed E-state index contributed by atoms with van der Waals surface area (Å²) in [5.74, 6) is -0.392. The molecule has 4 heteroatoms. The number of aromatic hydroxyl groups is 1. The lowest BCUT2D eigenvalue weighted by atomic mass is 9.67. The van der Waals surface area contributed by atoms with E-state index in [1.807, 2.05) is 0 Å². The molecule has 0 amide bonds. The van der Waals surface area contributed by atoms with E-state index < -0.39 is 5.97 Å². The number of hydrogen-bond donors (Lipinski definition) is 2. The molecule has 118 valence electrons. The van der Waals surface area contributed by atoms with Gasteiger partial charge in [0.15, 0.2) is 0 Å². The summed E-state index contributed by atoms with van der Waals surface area (Å²) in [6.45, 7) is 7.91. The van der Waals surface area contributed by atoms with Crippen LogP contribution >= 0.6 is 0 Å². The van der Waals surface area contributed by atoms with Crippen molar-refractivity contribution in [2.45, 2.75) is 52.1 Å². The van der Waals surface area contributed by atoms with Gasteiger partial charge in [-0.1, -0.05) is 11.6 Å². The first-order chi connectivity index (χ1) is 10.2. The predicted molar refractivity (Wildman–Crippen MR) is 83.7 cm³/mol. The molecule has 0 spiro atoms. The van der Waals surface area contributed by atoms with Crippen LogP contribution in [-0.2, 0) is 0 Å². The zero-order valence-electron chi connectivity index (χ0n) is 13.4. The molecule has 1 aliphatic heterocycles. The minimum absolute atomic E-state index is 0.00574. The lowest BCUT2D eigenvalue weighted by Gasteiger charge is -2.46. The highest BCUT2D eigenvalue weighted by Crippen LogP contribution is 2.54. The van der Waals surface area contributed by atoms with Crippen LogP contribution in [-0.4, -0.2) is 21.8 Å². The van der Waals surface area contributed by atoms with Crippen LogP contribution in [0, 0.1) is 12.8 Å². The van der Waals surface area contributed by atoms with Gasteiger partial charge in [0.25, 0.3) is 0 Å². The molecule has 3 rings (SSSR count). The Bertz CT molecular complexity index is 685. The maximum atomic E-state index is 11.5. The zero-order valence-corrected chi connectivity index (χ0v) is 13.4.